The Hall–Kier alpha value is -1.47. The molecule has 6 heteroatoms. The van der Waals surface area contributed by atoms with E-state index in [1.54, 1.807) is 23.5 Å². The number of aromatic nitrogens is 1. The second-order valence-electron chi connectivity index (χ2n) is 7.00. The second-order valence-corrected chi connectivity index (χ2v) is 9.10. The first-order valence-corrected chi connectivity index (χ1v) is 11.1. The minimum atomic E-state index is -0.117. The van der Waals surface area contributed by atoms with Crippen molar-refractivity contribution in [2.75, 3.05) is 18.1 Å². The molecule has 27 heavy (non-hydrogen) atoms. The number of nitrogens with zero attached hydrogens (tertiary/aromatic N) is 2. The molecule has 1 saturated heterocycles. The number of rotatable bonds is 5. The summed E-state index contributed by atoms with van der Waals surface area (Å²) in [6, 6.07) is 12.8. The lowest BCUT2D eigenvalue weighted by molar-refractivity contribution is 0.0665. The van der Waals surface area contributed by atoms with Crippen LogP contribution in [0.5, 0.6) is 0 Å². The van der Waals surface area contributed by atoms with Crippen LogP contribution in [0.3, 0.4) is 0 Å². The molecule has 1 aromatic carbocycles. The largest absolute Gasteiger partial charge is 0.381 e. The van der Waals surface area contributed by atoms with Gasteiger partial charge in [0.15, 0.2) is 0 Å². The molecular weight excluding hydrogens is 374 g/mol. The van der Waals surface area contributed by atoms with Crippen LogP contribution in [-0.2, 0) is 11.2 Å². The van der Waals surface area contributed by atoms with Crippen LogP contribution in [0.4, 0.5) is 5.82 Å². The van der Waals surface area contributed by atoms with E-state index in [0.717, 1.165) is 48.9 Å². The molecule has 4 rings (SSSR count). The molecule has 0 radical (unpaired) electrons. The predicted molar refractivity (Wildman–Crippen MR) is 114 cm³/mol. The first-order chi connectivity index (χ1) is 13.2. The highest BCUT2D eigenvalue weighted by Crippen LogP contribution is 2.40. The van der Waals surface area contributed by atoms with Gasteiger partial charge < -0.3 is 15.4 Å². The second kappa shape index (κ2) is 8.69. The molecule has 2 aliphatic rings. The van der Waals surface area contributed by atoms with Crippen molar-refractivity contribution in [2.24, 2.45) is 11.7 Å². The Labute approximate surface area is 169 Å². The van der Waals surface area contributed by atoms with Gasteiger partial charge in [0, 0.05) is 30.0 Å². The fourth-order valence-electron chi connectivity index (χ4n) is 3.52. The number of nitrogens with two attached hydrogens (primary N) is 1. The summed E-state index contributed by atoms with van der Waals surface area (Å²) in [6.07, 6.45) is 5.37. The fraction of sp³-hybridized carbons (Fsp3) is 0.381. The smallest absolute Gasteiger partial charge is 0.148 e. The van der Waals surface area contributed by atoms with Crippen molar-refractivity contribution in [3.05, 3.63) is 59.3 Å². The van der Waals surface area contributed by atoms with Crippen molar-refractivity contribution in [3.63, 3.8) is 0 Å². The number of hydrogen-bond donors (Lipinski definition) is 1. The zero-order valence-electron chi connectivity index (χ0n) is 15.5. The quantitative estimate of drug-likeness (QED) is 0.775. The van der Waals surface area contributed by atoms with E-state index in [9.17, 15) is 0 Å². The standard InChI is InChI=1S/C21H25N3OS2/c1-15-14-26-21(22)24(15)20-19(27-18-5-3-2-4-6-18)12-17(13-23-20)11-16-7-9-25-10-8-16/h2-6,12-14,16,21H,7-11,22H2,1H3. The zero-order valence-corrected chi connectivity index (χ0v) is 17.1. The molecule has 4 nitrogen and oxygen atoms in total. The third kappa shape index (κ3) is 4.51. The van der Waals surface area contributed by atoms with Crippen LogP contribution in [0.1, 0.15) is 25.3 Å². The first kappa shape index (κ1) is 18.9. The minimum absolute atomic E-state index is 0.117. The van der Waals surface area contributed by atoms with Crippen molar-refractivity contribution in [1.82, 2.24) is 4.98 Å². The van der Waals surface area contributed by atoms with Crippen LogP contribution in [0.2, 0.25) is 0 Å². The summed E-state index contributed by atoms with van der Waals surface area (Å²) < 4.78 is 5.50. The van der Waals surface area contributed by atoms with Gasteiger partial charge in [-0.2, -0.15) is 0 Å². The average molecular weight is 400 g/mol. The number of allylic oxidation sites excluding steroid dienone is 1. The Morgan fingerprint density at radius 1 is 1.26 bits per heavy atom. The molecule has 2 aliphatic heterocycles. The highest BCUT2D eigenvalue weighted by molar-refractivity contribution is 8.03. The van der Waals surface area contributed by atoms with E-state index in [4.69, 9.17) is 15.5 Å². The van der Waals surface area contributed by atoms with Crippen molar-refractivity contribution < 1.29 is 4.74 Å². The number of hydrogen-bond acceptors (Lipinski definition) is 6. The van der Waals surface area contributed by atoms with Gasteiger partial charge in [-0.15, -0.1) is 0 Å². The van der Waals surface area contributed by atoms with E-state index in [2.05, 4.69) is 47.6 Å². The monoisotopic (exact) mass is 399 g/mol. The molecule has 142 valence electrons. The first-order valence-electron chi connectivity index (χ1n) is 9.37. The van der Waals surface area contributed by atoms with Crippen LogP contribution < -0.4 is 10.6 Å². The van der Waals surface area contributed by atoms with Crippen molar-refractivity contribution in [1.29, 1.82) is 0 Å². The molecule has 1 unspecified atom stereocenters. The number of anilines is 1. The maximum absolute atomic E-state index is 6.32. The van der Waals surface area contributed by atoms with Crippen LogP contribution in [0.15, 0.2) is 63.5 Å². The molecule has 0 amide bonds. The summed E-state index contributed by atoms with van der Waals surface area (Å²) in [5, 5.41) is 2.11. The SMILES string of the molecule is CC1=CSC(N)N1c1ncc(CC2CCOCC2)cc1Sc1ccccc1. The summed E-state index contributed by atoms with van der Waals surface area (Å²) in [6.45, 7) is 3.85. The normalized spacial score (nSPS) is 20.7. The van der Waals surface area contributed by atoms with Gasteiger partial charge in [-0.05, 0) is 61.3 Å². The van der Waals surface area contributed by atoms with Gasteiger partial charge >= 0.3 is 0 Å². The lowest BCUT2D eigenvalue weighted by Crippen LogP contribution is -2.35. The lowest BCUT2D eigenvalue weighted by atomic mass is 9.93. The van der Waals surface area contributed by atoms with E-state index in [1.807, 2.05) is 12.3 Å². The van der Waals surface area contributed by atoms with Crippen molar-refractivity contribution >= 4 is 29.3 Å². The number of benzene rings is 1. The molecule has 0 saturated carbocycles. The summed E-state index contributed by atoms with van der Waals surface area (Å²) >= 11 is 3.39. The van der Waals surface area contributed by atoms with Crippen LogP contribution in [0, 0.1) is 5.92 Å². The fourth-order valence-corrected chi connectivity index (χ4v) is 5.36. The minimum Gasteiger partial charge on any atom is -0.381 e. The molecule has 1 aromatic heterocycles. The summed E-state index contributed by atoms with van der Waals surface area (Å²) in [4.78, 5) is 9.37. The van der Waals surface area contributed by atoms with E-state index in [-0.39, 0.29) is 5.50 Å². The van der Waals surface area contributed by atoms with E-state index in [1.165, 1.54) is 10.5 Å². The summed E-state index contributed by atoms with van der Waals surface area (Å²) in [5.41, 5.74) is 8.65. The summed E-state index contributed by atoms with van der Waals surface area (Å²) in [7, 11) is 0. The van der Waals surface area contributed by atoms with E-state index >= 15 is 0 Å². The zero-order chi connectivity index (χ0) is 18.6. The molecule has 1 atom stereocenters. The van der Waals surface area contributed by atoms with Gasteiger partial charge in [0.2, 0.25) is 0 Å². The topological polar surface area (TPSA) is 51.4 Å². The van der Waals surface area contributed by atoms with Gasteiger partial charge in [-0.25, -0.2) is 4.98 Å². The summed E-state index contributed by atoms with van der Waals surface area (Å²) in [5.74, 6) is 1.64. The van der Waals surface area contributed by atoms with Crippen LogP contribution in [0.25, 0.3) is 0 Å². The maximum Gasteiger partial charge on any atom is 0.148 e. The van der Waals surface area contributed by atoms with Gasteiger partial charge in [0.25, 0.3) is 0 Å². The van der Waals surface area contributed by atoms with Gasteiger partial charge in [-0.3, -0.25) is 0 Å². The molecular formula is C21H25N3OS2. The molecule has 1 fully saturated rings. The molecule has 0 spiro atoms. The predicted octanol–water partition coefficient (Wildman–Crippen LogP) is 4.86. The van der Waals surface area contributed by atoms with Crippen molar-refractivity contribution in [3.8, 4) is 0 Å². The Balaban J connectivity index is 1.64. The Morgan fingerprint density at radius 2 is 2.04 bits per heavy atom. The Morgan fingerprint density at radius 3 is 2.74 bits per heavy atom. The van der Waals surface area contributed by atoms with Gasteiger partial charge in [0.05, 0.1) is 4.90 Å². The molecule has 2 aromatic rings. The van der Waals surface area contributed by atoms with Gasteiger partial charge in [0.1, 0.15) is 11.3 Å². The maximum atomic E-state index is 6.32. The number of pyridine rings is 1. The van der Waals surface area contributed by atoms with Crippen LogP contribution >= 0.6 is 23.5 Å². The number of thioether (sulfide) groups is 1. The molecule has 0 bridgehead atoms. The number of ether oxygens (including phenoxy) is 1. The Bertz CT molecular complexity index is 806. The lowest BCUT2D eigenvalue weighted by Gasteiger charge is -2.27. The highest BCUT2D eigenvalue weighted by atomic mass is 32.2. The van der Waals surface area contributed by atoms with E-state index in [0.29, 0.717) is 5.92 Å². The molecule has 0 aliphatic carbocycles. The van der Waals surface area contributed by atoms with Crippen molar-refractivity contribution in [2.45, 2.75) is 41.5 Å². The Kier molecular flexibility index (Phi) is 6.08. The van der Waals surface area contributed by atoms with Gasteiger partial charge in [-0.1, -0.05) is 41.7 Å². The van der Waals surface area contributed by atoms with E-state index < -0.39 is 0 Å². The highest BCUT2D eigenvalue weighted by Gasteiger charge is 2.26. The average Bonchev–Trinajstić information content (AvgIpc) is 3.02. The molecule has 2 N–H and O–H groups in total. The third-order valence-corrected chi connectivity index (χ3v) is 6.96. The third-order valence-electron chi connectivity index (χ3n) is 4.97. The van der Waals surface area contributed by atoms with Crippen LogP contribution in [-0.4, -0.2) is 23.7 Å². The molecule has 3 heterocycles.